The molecule has 1 aliphatic heterocycles. The van der Waals surface area contributed by atoms with E-state index < -0.39 is 12.0 Å². The van der Waals surface area contributed by atoms with Crippen LogP contribution in [0, 0.1) is 0 Å². The molecule has 1 N–H and O–H groups in total. The maximum Gasteiger partial charge on any atom is 0.338 e. The van der Waals surface area contributed by atoms with Gasteiger partial charge in [0.15, 0.2) is 0 Å². The van der Waals surface area contributed by atoms with E-state index in [-0.39, 0.29) is 6.10 Å². The minimum Gasteiger partial charge on any atom is -0.494 e. The monoisotopic (exact) mass is 343 g/mol. The molecule has 1 aromatic carbocycles. The fraction of sp³-hybridized carbons (Fsp3) is 0.412. The van der Waals surface area contributed by atoms with Gasteiger partial charge in [0.05, 0.1) is 18.3 Å². The molecule has 8 nitrogen and oxygen atoms in total. The summed E-state index contributed by atoms with van der Waals surface area (Å²) in [6, 6.07) is 7.03. The number of hydrogen-bond donors (Lipinski definition) is 1. The van der Waals surface area contributed by atoms with Gasteiger partial charge >= 0.3 is 5.97 Å². The molecule has 3 rings (SSSR count). The lowest BCUT2D eigenvalue weighted by Crippen LogP contribution is -2.31. The van der Waals surface area contributed by atoms with Gasteiger partial charge in [0.25, 0.3) is 0 Å². The number of anilines is 1. The van der Waals surface area contributed by atoms with Crippen molar-refractivity contribution in [1.82, 2.24) is 20.2 Å². The number of nitrogens with one attached hydrogen (secondary N) is 1. The van der Waals surface area contributed by atoms with Gasteiger partial charge in [0.2, 0.25) is 5.95 Å². The first kappa shape index (κ1) is 16.9. The molecule has 0 bridgehead atoms. The summed E-state index contributed by atoms with van der Waals surface area (Å²) in [4.78, 5) is 12.8. The molecule has 0 amide bonds. The number of fused-ring (bicyclic) bond motifs is 1. The molecular formula is C17H21N5O3. The molecule has 132 valence electrons. The molecule has 0 spiro atoms. The van der Waals surface area contributed by atoms with Crippen molar-refractivity contribution >= 4 is 11.9 Å². The van der Waals surface area contributed by atoms with Crippen LogP contribution in [0.1, 0.15) is 39.3 Å². The number of benzene rings is 1. The molecule has 0 fully saturated rings. The van der Waals surface area contributed by atoms with Crippen LogP contribution < -0.4 is 10.1 Å². The van der Waals surface area contributed by atoms with E-state index in [1.54, 1.807) is 4.68 Å². The number of carbonyl (C=O) groups is 1. The van der Waals surface area contributed by atoms with E-state index in [9.17, 15) is 4.79 Å². The van der Waals surface area contributed by atoms with Crippen LogP contribution in [-0.4, -0.2) is 38.9 Å². The van der Waals surface area contributed by atoms with Crippen molar-refractivity contribution in [3.8, 4) is 5.75 Å². The lowest BCUT2D eigenvalue weighted by atomic mass is 9.95. The average Bonchev–Trinajstić information content (AvgIpc) is 3.01. The summed E-state index contributed by atoms with van der Waals surface area (Å²) in [5, 5.41) is 14.8. The number of carbonyl (C=O) groups excluding carboxylic acids is 1. The fourth-order valence-electron chi connectivity index (χ4n) is 2.84. The van der Waals surface area contributed by atoms with Crippen LogP contribution in [0.4, 0.5) is 5.95 Å². The zero-order valence-corrected chi connectivity index (χ0v) is 14.7. The van der Waals surface area contributed by atoms with E-state index in [1.807, 2.05) is 52.0 Å². The molecule has 8 heteroatoms. The van der Waals surface area contributed by atoms with E-state index >= 15 is 0 Å². The van der Waals surface area contributed by atoms with Crippen LogP contribution in [0.5, 0.6) is 5.75 Å². The fourth-order valence-corrected chi connectivity index (χ4v) is 2.84. The highest BCUT2D eigenvalue weighted by atomic mass is 16.5. The predicted molar refractivity (Wildman–Crippen MR) is 91.1 cm³/mol. The number of ether oxygens (including phenoxy) is 2. The maximum absolute atomic E-state index is 12.8. The number of nitrogens with zero attached hydrogens (tertiary/aromatic N) is 4. The van der Waals surface area contributed by atoms with Gasteiger partial charge in [-0.1, -0.05) is 23.3 Å². The molecule has 0 saturated carbocycles. The van der Waals surface area contributed by atoms with Crippen LogP contribution in [0.3, 0.4) is 0 Å². The molecule has 0 aliphatic carbocycles. The molecular weight excluding hydrogens is 322 g/mol. The first-order valence-electron chi connectivity index (χ1n) is 8.21. The number of hydrogen-bond acceptors (Lipinski definition) is 7. The van der Waals surface area contributed by atoms with Crippen LogP contribution >= 0.6 is 0 Å². The summed E-state index contributed by atoms with van der Waals surface area (Å²) in [6.07, 6.45) is -0.231. The Bertz CT molecular complexity index is 812. The SMILES string of the molecule is CCOc1ccccc1C1C(C(=O)OC(C)C)=C(C)Nc2nnnn21. The summed E-state index contributed by atoms with van der Waals surface area (Å²) in [5.74, 6) is 0.744. The first-order valence-corrected chi connectivity index (χ1v) is 8.21. The Morgan fingerprint density at radius 2 is 2.12 bits per heavy atom. The topological polar surface area (TPSA) is 91.2 Å². The second-order valence-electron chi connectivity index (χ2n) is 5.94. The number of allylic oxidation sites excluding steroid dienone is 1. The van der Waals surface area contributed by atoms with Crippen LogP contribution in [0.2, 0.25) is 0 Å². The van der Waals surface area contributed by atoms with E-state index in [1.165, 1.54) is 0 Å². The Balaban J connectivity index is 2.15. The third-order valence-corrected chi connectivity index (χ3v) is 3.79. The number of esters is 1. The third-order valence-electron chi connectivity index (χ3n) is 3.79. The Morgan fingerprint density at radius 3 is 2.84 bits per heavy atom. The first-order chi connectivity index (χ1) is 12.0. The predicted octanol–water partition coefficient (Wildman–Crippen LogP) is 2.31. The Labute approximate surface area is 145 Å². The number of para-hydroxylation sites is 1. The normalized spacial score (nSPS) is 16.4. The van der Waals surface area contributed by atoms with Crippen molar-refractivity contribution in [2.75, 3.05) is 11.9 Å². The van der Waals surface area contributed by atoms with E-state index in [0.29, 0.717) is 29.6 Å². The number of rotatable bonds is 5. The molecule has 2 heterocycles. The summed E-state index contributed by atoms with van der Waals surface area (Å²) in [7, 11) is 0. The van der Waals surface area contributed by atoms with Crippen molar-refractivity contribution in [3.63, 3.8) is 0 Å². The molecule has 2 aromatic rings. The maximum atomic E-state index is 12.8. The summed E-state index contributed by atoms with van der Waals surface area (Å²) >= 11 is 0. The smallest absolute Gasteiger partial charge is 0.338 e. The van der Waals surface area contributed by atoms with Crippen molar-refractivity contribution < 1.29 is 14.3 Å². The van der Waals surface area contributed by atoms with Crippen molar-refractivity contribution in [3.05, 3.63) is 41.1 Å². The Morgan fingerprint density at radius 1 is 1.36 bits per heavy atom. The third kappa shape index (κ3) is 3.19. The lowest BCUT2D eigenvalue weighted by molar-refractivity contribution is -0.143. The van der Waals surface area contributed by atoms with Gasteiger partial charge in [0, 0.05) is 11.3 Å². The highest BCUT2D eigenvalue weighted by Crippen LogP contribution is 2.38. The van der Waals surface area contributed by atoms with Gasteiger partial charge in [-0.05, 0) is 44.2 Å². The van der Waals surface area contributed by atoms with Crippen LogP contribution in [-0.2, 0) is 9.53 Å². The minimum atomic E-state index is -0.528. The highest BCUT2D eigenvalue weighted by molar-refractivity contribution is 5.92. The van der Waals surface area contributed by atoms with E-state index in [2.05, 4.69) is 20.8 Å². The van der Waals surface area contributed by atoms with Gasteiger partial charge in [-0.25, -0.2) is 4.79 Å². The molecule has 1 aromatic heterocycles. The molecule has 0 saturated heterocycles. The quantitative estimate of drug-likeness (QED) is 0.833. The molecule has 25 heavy (non-hydrogen) atoms. The Hall–Kier alpha value is -2.90. The molecule has 1 unspecified atom stereocenters. The van der Waals surface area contributed by atoms with Gasteiger partial charge in [0.1, 0.15) is 11.8 Å². The zero-order chi connectivity index (χ0) is 18.0. The lowest BCUT2D eigenvalue weighted by Gasteiger charge is -2.28. The van der Waals surface area contributed by atoms with Gasteiger partial charge in [-0.3, -0.25) is 0 Å². The summed E-state index contributed by atoms with van der Waals surface area (Å²) in [5.41, 5.74) is 1.92. The van der Waals surface area contributed by atoms with Crippen LogP contribution in [0.15, 0.2) is 35.5 Å². The molecule has 0 radical (unpaired) electrons. The summed E-state index contributed by atoms with van der Waals surface area (Å²) < 4.78 is 12.8. The standard InChI is InChI=1S/C17H21N5O3/c1-5-24-13-9-7-6-8-12(13)15-14(16(23)25-10(2)3)11(4)18-17-19-20-21-22(15)17/h6-10,15H,5H2,1-4H3,(H,18,19,21). The van der Waals surface area contributed by atoms with E-state index in [0.717, 1.165) is 5.56 Å². The van der Waals surface area contributed by atoms with Crippen LogP contribution in [0.25, 0.3) is 0 Å². The van der Waals surface area contributed by atoms with Crippen molar-refractivity contribution in [2.24, 2.45) is 0 Å². The highest BCUT2D eigenvalue weighted by Gasteiger charge is 2.36. The van der Waals surface area contributed by atoms with Crippen molar-refractivity contribution in [1.29, 1.82) is 0 Å². The second-order valence-corrected chi connectivity index (χ2v) is 5.94. The largest absolute Gasteiger partial charge is 0.494 e. The summed E-state index contributed by atoms with van der Waals surface area (Å²) in [6.45, 7) is 7.87. The van der Waals surface area contributed by atoms with Gasteiger partial charge < -0.3 is 14.8 Å². The van der Waals surface area contributed by atoms with E-state index in [4.69, 9.17) is 9.47 Å². The molecule has 1 aliphatic rings. The Kier molecular flexibility index (Phi) is 4.69. The zero-order valence-electron chi connectivity index (χ0n) is 14.7. The minimum absolute atomic E-state index is 0.231. The number of tetrazole rings is 1. The van der Waals surface area contributed by atoms with Gasteiger partial charge in [-0.2, -0.15) is 4.68 Å². The average molecular weight is 343 g/mol. The number of aromatic nitrogens is 4. The van der Waals surface area contributed by atoms with Crippen molar-refractivity contribution in [2.45, 2.75) is 39.8 Å². The second kappa shape index (κ2) is 6.92. The molecule has 1 atom stereocenters. The van der Waals surface area contributed by atoms with Gasteiger partial charge in [-0.15, -0.1) is 0 Å².